The smallest absolute Gasteiger partial charge is 0.417 e. The lowest BCUT2D eigenvalue weighted by atomic mass is 9.97. The van der Waals surface area contributed by atoms with Gasteiger partial charge in [-0.2, -0.15) is 18.4 Å². The molecule has 1 unspecified atom stereocenters. The van der Waals surface area contributed by atoms with E-state index in [0.717, 1.165) is 23.8 Å². The van der Waals surface area contributed by atoms with Gasteiger partial charge in [-0.05, 0) is 62.1 Å². The predicted molar refractivity (Wildman–Crippen MR) is 117 cm³/mol. The minimum Gasteiger partial charge on any atom is -0.497 e. The van der Waals surface area contributed by atoms with E-state index in [0.29, 0.717) is 32.1 Å². The monoisotopic (exact) mass is 464 g/mol. The second kappa shape index (κ2) is 11.7. The molecule has 6 nitrogen and oxygen atoms in total. The van der Waals surface area contributed by atoms with E-state index in [4.69, 9.17) is 14.7 Å². The number of unbranched alkanes of at least 4 members (excludes halogenated alkanes) is 2. The lowest BCUT2D eigenvalue weighted by Gasteiger charge is -2.22. The molecule has 2 aromatic rings. The van der Waals surface area contributed by atoms with Gasteiger partial charge in [0.1, 0.15) is 11.4 Å². The van der Waals surface area contributed by atoms with Gasteiger partial charge in [0, 0.05) is 12.3 Å². The molecule has 1 amide bonds. The minimum atomic E-state index is -4.73. The van der Waals surface area contributed by atoms with Gasteiger partial charge in [-0.1, -0.05) is 18.6 Å². The molecule has 9 heteroatoms. The van der Waals surface area contributed by atoms with Crippen molar-refractivity contribution in [1.29, 1.82) is 5.26 Å². The highest BCUT2D eigenvalue weighted by Gasteiger charge is 2.35. The number of hydrogen-bond donors (Lipinski definition) is 2. The fraction of sp³-hybridized carbons (Fsp3) is 0.417. The molecule has 0 fully saturated rings. The summed E-state index contributed by atoms with van der Waals surface area (Å²) in [6.07, 6.45) is -2.61. The van der Waals surface area contributed by atoms with Crippen molar-refractivity contribution in [3.63, 3.8) is 0 Å². The highest BCUT2D eigenvalue weighted by molar-refractivity contribution is 5.96. The Balaban J connectivity index is 1.75. The Hall–Kier alpha value is -3.09. The molecule has 0 spiro atoms. The molecule has 0 heterocycles. The average Bonchev–Trinajstić information content (AvgIpc) is 2.78. The van der Waals surface area contributed by atoms with E-state index in [1.54, 1.807) is 7.11 Å². The molecule has 0 aromatic heterocycles. The van der Waals surface area contributed by atoms with Gasteiger partial charge in [-0.15, -0.1) is 0 Å². The third kappa shape index (κ3) is 8.08. The van der Waals surface area contributed by atoms with Gasteiger partial charge >= 0.3 is 6.18 Å². The first-order chi connectivity index (χ1) is 15.6. The highest BCUT2D eigenvalue weighted by atomic mass is 19.4. The van der Waals surface area contributed by atoms with Crippen molar-refractivity contribution in [3.8, 4) is 11.8 Å². The van der Waals surface area contributed by atoms with E-state index in [9.17, 15) is 23.1 Å². The molecule has 0 bridgehead atoms. The number of methoxy groups -OCH3 is 1. The van der Waals surface area contributed by atoms with Gasteiger partial charge in [0.05, 0.1) is 30.9 Å². The first-order valence-electron chi connectivity index (χ1n) is 10.4. The van der Waals surface area contributed by atoms with Gasteiger partial charge in [-0.25, -0.2) is 0 Å². The summed E-state index contributed by atoms with van der Waals surface area (Å²) >= 11 is 0. The Morgan fingerprint density at radius 3 is 2.42 bits per heavy atom. The summed E-state index contributed by atoms with van der Waals surface area (Å²) in [6.45, 7) is 2.30. The largest absolute Gasteiger partial charge is 0.497 e. The number of hydrogen-bond acceptors (Lipinski definition) is 5. The third-order valence-corrected chi connectivity index (χ3v) is 5.07. The van der Waals surface area contributed by atoms with Crippen molar-refractivity contribution < 1.29 is 32.5 Å². The summed E-state index contributed by atoms with van der Waals surface area (Å²) in [4.78, 5) is 12.4. The molecular weight excluding hydrogens is 437 g/mol. The van der Waals surface area contributed by atoms with Crippen LogP contribution in [0.2, 0.25) is 0 Å². The standard InChI is InChI=1S/C24H27F3N2O4/c1-23(31,12-4-3-5-13-33-16-17-6-10-20(32-2)11-7-17)22(30)29-19-9-8-18(15-28)21(14-19)24(25,26)27/h6-11,14,31H,3-5,12-13,16H2,1-2H3,(H,29,30). The molecule has 0 radical (unpaired) electrons. The van der Waals surface area contributed by atoms with Crippen molar-refractivity contribution in [2.75, 3.05) is 19.0 Å². The number of carbonyl (C=O) groups excluding carboxylic acids is 1. The van der Waals surface area contributed by atoms with Crippen LogP contribution in [-0.2, 0) is 22.3 Å². The summed E-state index contributed by atoms with van der Waals surface area (Å²) in [5.41, 5.74) is -2.56. The first kappa shape index (κ1) is 26.2. The van der Waals surface area contributed by atoms with Crippen LogP contribution in [0.3, 0.4) is 0 Å². The molecule has 1 atom stereocenters. The fourth-order valence-electron chi connectivity index (χ4n) is 3.10. The lowest BCUT2D eigenvalue weighted by molar-refractivity contribution is -0.138. The van der Waals surface area contributed by atoms with E-state index in [1.807, 2.05) is 24.3 Å². The molecule has 178 valence electrons. The van der Waals surface area contributed by atoms with Gasteiger partial charge in [0.15, 0.2) is 0 Å². The highest BCUT2D eigenvalue weighted by Crippen LogP contribution is 2.33. The maximum Gasteiger partial charge on any atom is 0.417 e. The summed E-state index contributed by atoms with van der Waals surface area (Å²) in [5, 5.41) is 21.6. The van der Waals surface area contributed by atoms with E-state index in [-0.39, 0.29) is 12.1 Å². The number of benzene rings is 2. The van der Waals surface area contributed by atoms with Gasteiger partial charge in [-0.3, -0.25) is 4.79 Å². The molecule has 2 rings (SSSR count). The Bertz CT molecular complexity index is 967. The van der Waals surface area contributed by atoms with Crippen LogP contribution in [0.5, 0.6) is 5.75 Å². The van der Waals surface area contributed by atoms with Crippen LogP contribution in [0, 0.1) is 11.3 Å². The quantitative estimate of drug-likeness (QED) is 0.454. The van der Waals surface area contributed by atoms with E-state index in [2.05, 4.69) is 5.32 Å². The Morgan fingerprint density at radius 1 is 1.12 bits per heavy atom. The molecule has 0 aliphatic carbocycles. The number of aliphatic hydroxyl groups is 1. The molecule has 0 saturated carbocycles. The summed E-state index contributed by atoms with van der Waals surface area (Å²) in [6, 6.07) is 11.9. The average molecular weight is 464 g/mol. The van der Waals surface area contributed by atoms with Gasteiger partial charge in [0.2, 0.25) is 0 Å². The minimum absolute atomic E-state index is 0.139. The van der Waals surface area contributed by atoms with E-state index >= 15 is 0 Å². The molecule has 2 aromatic carbocycles. The second-order valence-electron chi connectivity index (χ2n) is 7.81. The van der Waals surface area contributed by atoms with Gasteiger partial charge in [0.25, 0.3) is 5.91 Å². The molecular formula is C24H27F3N2O4. The van der Waals surface area contributed by atoms with Crippen LogP contribution in [0.25, 0.3) is 0 Å². The number of nitrogens with zero attached hydrogens (tertiary/aromatic N) is 1. The van der Waals surface area contributed by atoms with Crippen LogP contribution in [0.4, 0.5) is 18.9 Å². The molecule has 0 aliphatic rings. The number of halogens is 3. The number of ether oxygens (including phenoxy) is 2. The Labute approximate surface area is 190 Å². The zero-order valence-electron chi connectivity index (χ0n) is 18.5. The maximum absolute atomic E-state index is 13.1. The summed E-state index contributed by atoms with van der Waals surface area (Å²) in [7, 11) is 1.60. The topological polar surface area (TPSA) is 91.6 Å². The fourth-order valence-corrected chi connectivity index (χ4v) is 3.10. The molecule has 0 saturated heterocycles. The number of amides is 1. The summed E-state index contributed by atoms with van der Waals surface area (Å²) < 4.78 is 49.9. The number of rotatable bonds is 11. The summed E-state index contributed by atoms with van der Waals surface area (Å²) in [5.74, 6) is -0.0362. The molecule has 0 aliphatic heterocycles. The zero-order chi connectivity index (χ0) is 24.5. The Kier molecular flexibility index (Phi) is 9.26. The van der Waals surface area contributed by atoms with Crippen molar-refractivity contribution in [2.45, 2.75) is 51.0 Å². The normalized spacial score (nSPS) is 13.1. The zero-order valence-corrected chi connectivity index (χ0v) is 18.5. The van der Waals surface area contributed by atoms with Crippen LogP contribution in [0.15, 0.2) is 42.5 Å². The maximum atomic E-state index is 13.1. The SMILES string of the molecule is COc1ccc(COCCCCCC(C)(O)C(=O)Nc2ccc(C#N)c(C(F)(F)F)c2)cc1. The van der Waals surface area contributed by atoms with Crippen LogP contribution >= 0.6 is 0 Å². The van der Waals surface area contributed by atoms with Gasteiger partial charge < -0.3 is 19.9 Å². The number of alkyl halides is 3. The van der Waals surface area contributed by atoms with Crippen LogP contribution in [0.1, 0.15) is 49.3 Å². The molecule has 2 N–H and O–H groups in total. The molecule has 33 heavy (non-hydrogen) atoms. The number of nitriles is 1. The van der Waals surface area contributed by atoms with Crippen molar-refractivity contribution in [1.82, 2.24) is 0 Å². The first-order valence-corrected chi connectivity index (χ1v) is 10.4. The van der Waals surface area contributed by atoms with Crippen LogP contribution in [-0.4, -0.2) is 30.3 Å². The predicted octanol–water partition coefficient (Wildman–Crippen LogP) is 5.05. The van der Waals surface area contributed by atoms with Crippen molar-refractivity contribution >= 4 is 11.6 Å². The number of anilines is 1. The number of carbonyl (C=O) groups is 1. The van der Waals surface area contributed by atoms with Crippen molar-refractivity contribution in [2.24, 2.45) is 0 Å². The van der Waals surface area contributed by atoms with E-state index < -0.39 is 28.8 Å². The van der Waals surface area contributed by atoms with E-state index in [1.165, 1.54) is 19.1 Å². The Morgan fingerprint density at radius 2 is 1.82 bits per heavy atom. The van der Waals surface area contributed by atoms with Crippen LogP contribution < -0.4 is 10.1 Å². The van der Waals surface area contributed by atoms with Crippen molar-refractivity contribution in [3.05, 3.63) is 59.2 Å². The lowest BCUT2D eigenvalue weighted by Crippen LogP contribution is -2.40. The number of nitrogens with one attached hydrogen (secondary N) is 1. The second-order valence-corrected chi connectivity index (χ2v) is 7.81. The third-order valence-electron chi connectivity index (χ3n) is 5.07.